The van der Waals surface area contributed by atoms with Crippen molar-refractivity contribution in [3.8, 4) is 6.07 Å². The van der Waals surface area contributed by atoms with Gasteiger partial charge < -0.3 is 10.1 Å². The zero-order valence-corrected chi connectivity index (χ0v) is 16.5. The van der Waals surface area contributed by atoms with Crippen molar-refractivity contribution in [2.24, 2.45) is 5.92 Å². The standard InChI is InChI=1S/C19H18ClN3O3S/c1-10-5-6-12-14(9-21)18(27-15(12)8-10)23-17(24)11(2)26-19(25)13-4-3-7-22-16(13)20/h3-4,7,10-11H,5-6,8H2,1-2H3,(H,23,24). The molecule has 0 spiro atoms. The van der Waals surface area contributed by atoms with Crippen LogP contribution in [0.15, 0.2) is 18.3 Å². The Bertz CT molecular complexity index is 935. The quantitative estimate of drug-likeness (QED) is 0.615. The lowest BCUT2D eigenvalue weighted by Gasteiger charge is -2.17. The highest BCUT2D eigenvalue weighted by Crippen LogP contribution is 2.39. The van der Waals surface area contributed by atoms with Crippen LogP contribution in [-0.2, 0) is 22.4 Å². The molecule has 1 amide bonds. The number of pyridine rings is 1. The maximum absolute atomic E-state index is 12.5. The molecule has 1 aliphatic carbocycles. The summed E-state index contributed by atoms with van der Waals surface area (Å²) in [6, 6.07) is 5.24. The van der Waals surface area contributed by atoms with Crippen LogP contribution in [0.25, 0.3) is 0 Å². The number of fused-ring (bicyclic) bond motifs is 1. The number of aromatic nitrogens is 1. The van der Waals surface area contributed by atoms with Crippen LogP contribution in [-0.4, -0.2) is 23.0 Å². The highest BCUT2D eigenvalue weighted by molar-refractivity contribution is 7.16. The molecule has 2 heterocycles. The second-order valence-corrected chi connectivity index (χ2v) is 8.01. The Kier molecular flexibility index (Phi) is 5.78. The molecule has 6 nitrogen and oxygen atoms in total. The third kappa shape index (κ3) is 4.12. The van der Waals surface area contributed by atoms with Gasteiger partial charge in [-0.05, 0) is 49.8 Å². The molecule has 0 bridgehead atoms. The number of amides is 1. The Balaban J connectivity index is 1.71. The predicted octanol–water partition coefficient (Wildman–Crippen LogP) is 3.98. The van der Waals surface area contributed by atoms with Gasteiger partial charge in [0.2, 0.25) is 0 Å². The number of esters is 1. The molecule has 1 aliphatic rings. The molecular weight excluding hydrogens is 386 g/mol. The van der Waals surface area contributed by atoms with E-state index in [-0.39, 0.29) is 10.7 Å². The lowest BCUT2D eigenvalue weighted by molar-refractivity contribution is -0.123. The van der Waals surface area contributed by atoms with Gasteiger partial charge in [-0.1, -0.05) is 18.5 Å². The minimum atomic E-state index is -1.04. The molecular formula is C19H18ClN3O3S. The van der Waals surface area contributed by atoms with Gasteiger partial charge in [-0.25, -0.2) is 9.78 Å². The summed E-state index contributed by atoms with van der Waals surface area (Å²) in [6.45, 7) is 3.65. The van der Waals surface area contributed by atoms with Crippen LogP contribution in [0.2, 0.25) is 5.15 Å². The van der Waals surface area contributed by atoms with Crippen LogP contribution in [0.3, 0.4) is 0 Å². The summed E-state index contributed by atoms with van der Waals surface area (Å²) >= 11 is 7.30. The molecule has 0 saturated carbocycles. The zero-order valence-electron chi connectivity index (χ0n) is 14.9. The van der Waals surface area contributed by atoms with Gasteiger partial charge in [0.1, 0.15) is 16.2 Å². The van der Waals surface area contributed by atoms with Crippen molar-refractivity contribution in [2.45, 2.75) is 39.2 Å². The molecule has 0 aliphatic heterocycles. The number of nitrogens with zero attached hydrogens (tertiary/aromatic N) is 2. The Labute approximate surface area is 166 Å². The van der Waals surface area contributed by atoms with E-state index in [1.165, 1.54) is 30.5 Å². The number of carbonyl (C=O) groups is 2. The van der Waals surface area contributed by atoms with Gasteiger partial charge in [0.15, 0.2) is 6.10 Å². The minimum Gasteiger partial charge on any atom is -0.449 e. The Morgan fingerprint density at radius 3 is 3.00 bits per heavy atom. The Morgan fingerprint density at radius 1 is 1.52 bits per heavy atom. The van der Waals surface area contributed by atoms with Crippen molar-refractivity contribution in [3.05, 3.63) is 45.1 Å². The van der Waals surface area contributed by atoms with Gasteiger partial charge in [-0.15, -0.1) is 11.3 Å². The second-order valence-electron chi connectivity index (χ2n) is 6.55. The largest absolute Gasteiger partial charge is 0.449 e. The first kappa shape index (κ1) is 19.3. The van der Waals surface area contributed by atoms with E-state index in [4.69, 9.17) is 16.3 Å². The van der Waals surface area contributed by atoms with Gasteiger partial charge in [-0.3, -0.25) is 4.79 Å². The first-order chi connectivity index (χ1) is 12.9. The molecule has 0 saturated heterocycles. The average Bonchev–Trinajstić information content (AvgIpc) is 2.97. The van der Waals surface area contributed by atoms with Crippen molar-refractivity contribution >= 4 is 39.8 Å². The third-order valence-electron chi connectivity index (χ3n) is 4.49. The number of ether oxygens (including phenoxy) is 1. The van der Waals surface area contributed by atoms with E-state index in [2.05, 4.69) is 23.3 Å². The number of hydrogen-bond acceptors (Lipinski definition) is 6. The van der Waals surface area contributed by atoms with Crippen LogP contribution in [0, 0.1) is 17.2 Å². The number of carbonyl (C=O) groups excluding carboxylic acids is 2. The molecule has 2 aromatic rings. The molecule has 27 heavy (non-hydrogen) atoms. The molecule has 140 valence electrons. The number of rotatable bonds is 4. The zero-order chi connectivity index (χ0) is 19.6. The maximum atomic E-state index is 12.5. The summed E-state index contributed by atoms with van der Waals surface area (Å²) in [4.78, 5) is 29.6. The molecule has 2 unspecified atom stereocenters. The fourth-order valence-corrected chi connectivity index (χ4v) is 4.55. The molecule has 0 radical (unpaired) electrons. The normalized spacial score (nSPS) is 16.7. The van der Waals surface area contributed by atoms with E-state index < -0.39 is 18.0 Å². The van der Waals surface area contributed by atoms with Gasteiger partial charge in [0, 0.05) is 11.1 Å². The number of halogens is 1. The van der Waals surface area contributed by atoms with Gasteiger partial charge >= 0.3 is 5.97 Å². The number of thiophene rings is 1. The second kappa shape index (κ2) is 8.07. The fraction of sp³-hybridized carbons (Fsp3) is 0.368. The summed E-state index contributed by atoms with van der Waals surface area (Å²) < 4.78 is 5.19. The third-order valence-corrected chi connectivity index (χ3v) is 5.96. The fourth-order valence-electron chi connectivity index (χ4n) is 2.99. The molecule has 0 aromatic carbocycles. The van der Waals surface area contributed by atoms with Crippen molar-refractivity contribution in [1.29, 1.82) is 5.26 Å². The van der Waals surface area contributed by atoms with E-state index in [1.54, 1.807) is 6.07 Å². The monoisotopic (exact) mass is 403 g/mol. The van der Waals surface area contributed by atoms with E-state index >= 15 is 0 Å². The molecule has 2 atom stereocenters. The van der Waals surface area contributed by atoms with E-state index in [1.807, 2.05) is 0 Å². The number of hydrogen-bond donors (Lipinski definition) is 1. The van der Waals surface area contributed by atoms with Gasteiger partial charge in [0.25, 0.3) is 5.91 Å². The van der Waals surface area contributed by atoms with Crippen LogP contribution < -0.4 is 5.32 Å². The van der Waals surface area contributed by atoms with Crippen LogP contribution >= 0.6 is 22.9 Å². The molecule has 0 fully saturated rings. The van der Waals surface area contributed by atoms with Crippen LogP contribution in [0.1, 0.15) is 46.6 Å². The van der Waals surface area contributed by atoms with Crippen molar-refractivity contribution in [3.63, 3.8) is 0 Å². The highest BCUT2D eigenvalue weighted by Gasteiger charge is 2.27. The van der Waals surface area contributed by atoms with E-state index in [0.29, 0.717) is 16.5 Å². The van der Waals surface area contributed by atoms with Crippen LogP contribution in [0.4, 0.5) is 5.00 Å². The summed E-state index contributed by atoms with van der Waals surface area (Å²) in [5.74, 6) is -0.655. The number of nitrogens with one attached hydrogen (secondary N) is 1. The topological polar surface area (TPSA) is 92.1 Å². The summed E-state index contributed by atoms with van der Waals surface area (Å²) in [5.41, 5.74) is 1.64. The van der Waals surface area contributed by atoms with Crippen molar-refractivity contribution in [1.82, 2.24) is 4.98 Å². The maximum Gasteiger partial charge on any atom is 0.342 e. The van der Waals surface area contributed by atoms with Crippen molar-refractivity contribution in [2.75, 3.05) is 5.32 Å². The SMILES string of the molecule is CC1CCc2c(sc(NC(=O)C(C)OC(=O)c3cccnc3Cl)c2C#N)C1. The molecule has 2 aromatic heterocycles. The van der Waals surface area contributed by atoms with E-state index in [9.17, 15) is 14.9 Å². The van der Waals surface area contributed by atoms with Crippen LogP contribution in [0.5, 0.6) is 0 Å². The Hall–Kier alpha value is -2.43. The molecule has 3 rings (SSSR count). The first-order valence-electron chi connectivity index (χ1n) is 8.57. The number of nitriles is 1. The molecule has 8 heteroatoms. The van der Waals surface area contributed by atoms with E-state index in [0.717, 1.165) is 29.7 Å². The minimum absolute atomic E-state index is 0.0157. The average molecular weight is 404 g/mol. The van der Waals surface area contributed by atoms with Gasteiger partial charge in [-0.2, -0.15) is 5.26 Å². The lowest BCUT2D eigenvalue weighted by Crippen LogP contribution is -2.30. The molecule has 1 N–H and O–H groups in total. The lowest BCUT2D eigenvalue weighted by atomic mass is 9.88. The first-order valence-corrected chi connectivity index (χ1v) is 9.77. The van der Waals surface area contributed by atoms with Gasteiger partial charge in [0.05, 0.1) is 11.1 Å². The summed E-state index contributed by atoms with van der Waals surface area (Å²) in [7, 11) is 0. The summed E-state index contributed by atoms with van der Waals surface area (Å²) in [5, 5.41) is 12.8. The highest BCUT2D eigenvalue weighted by atomic mass is 35.5. The van der Waals surface area contributed by atoms with Crippen molar-refractivity contribution < 1.29 is 14.3 Å². The summed E-state index contributed by atoms with van der Waals surface area (Å²) in [6.07, 6.45) is 3.20. The predicted molar refractivity (Wildman–Crippen MR) is 103 cm³/mol. The Morgan fingerprint density at radius 2 is 2.30 bits per heavy atom. The number of anilines is 1. The smallest absolute Gasteiger partial charge is 0.342 e.